The summed E-state index contributed by atoms with van der Waals surface area (Å²) in [7, 11) is 1.63. The maximum absolute atomic E-state index is 12.5. The number of carbonyl (C=O) groups is 3. The molecule has 2 fully saturated rings. The summed E-state index contributed by atoms with van der Waals surface area (Å²) >= 11 is 7.75. The Balaban J connectivity index is 1.77. The van der Waals surface area contributed by atoms with Gasteiger partial charge in [-0.25, -0.2) is 4.79 Å². The van der Waals surface area contributed by atoms with Gasteiger partial charge >= 0.3 is 5.97 Å². The first-order chi connectivity index (χ1) is 11.9. The third-order valence-corrected chi connectivity index (χ3v) is 6.37. The molecule has 0 aliphatic carbocycles. The fraction of sp³-hybridized carbons (Fsp3) is 0.250. The molecule has 25 heavy (non-hydrogen) atoms. The minimum atomic E-state index is -0.989. The Kier molecular flexibility index (Phi) is 5.16. The van der Waals surface area contributed by atoms with Gasteiger partial charge in [0.15, 0.2) is 0 Å². The van der Waals surface area contributed by atoms with E-state index in [0.29, 0.717) is 26.4 Å². The van der Waals surface area contributed by atoms with Crippen molar-refractivity contribution >= 4 is 63.9 Å². The van der Waals surface area contributed by atoms with E-state index >= 15 is 0 Å². The normalized spacial score (nSPS) is 22.1. The van der Waals surface area contributed by atoms with Crippen molar-refractivity contribution in [1.29, 1.82) is 0 Å². The Morgan fingerprint density at radius 1 is 1.32 bits per heavy atom. The van der Waals surface area contributed by atoms with E-state index in [1.165, 1.54) is 33.3 Å². The lowest BCUT2D eigenvalue weighted by molar-refractivity contribution is -0.140. The highest BCUT2D eigenvalue weighted by molar-refractivity contribution is 8.26. The number of amides is 2. The zero-order valence-electron chi connectivity index (χ0n) is 13.2. The van der Waals surface area contributed by atoms with Crippen LogP contribution in [-0.4, -0.2) is 61.7 Å². The SMILES string of the molecule is CN1C(=O)/C(=C\c2ccc(C(=O)N3CSC[C@H]3C(=O)O)cc2)SC1=S. The second-order valence-corrected chi connectivity index (χ2v) is 8.17. The number of carboxylic acids is 1. The highest BCUT2D eigenvalue weighted by Gasteiger charge is 2.35. The van der Waals surface area contributed by atoms with Gasteiger partial charge in [0.25, 0.3) is 11.8 Å². The molecule has 1 aromatic carbocycles. The number of aliphatic carboxylic acids is 1. The Labute approximate surface area is 158 Å². The fourth-order valence-electron chi connectivity index (χ4n) is 2.43. The van der Waals surface area contributed by atoms with Crippen LogP contribution >= 0.6 is 35.7 Å². The van der Waals surface area contributed by atoms with Gasteiger partial charge in [-0.15, -0.1) is 11.8 Å². The quantitative estimate of drug-likeness (QED) is 0.621. The van der Waals surface area contributed by atoms with Gasteiger partial charge in [-0.3, -0.25) is 14.5 Å². The maximum Gasteiger partial charge on any atom is 0.327 e. The minimum Gasteiger partial charge on any atom is -0.480 e. The van der Waals surface area contributed by atoms with E-state index in [9.17, 15) is 19.5 Å². The van der Waals surface area contributed by atoms with E-state index in [2.05, 4.69) is 0 Å². The molecule has 6 nitrogen and oxygen atoms in total. The van der Waals surface area contributed by atoms with E-state index in [-0.39, 0.29) is 11.8 Å². The smallest absolute Gasteiger partial charge is 0.327 e. The second-order valence-electron chi connectivity index (χ2n) is 5.49. The molecule has 0 spiro atoms. The molecule has 0 aromatic heterocycles. The first kappa shape index (κ1) is 18.0. The van der Waals surface area contributed by atoms with Crippen molar-refractivity contribution in [1.82, 2.24) is 9.80 Å². The van der Waals surface area contributed by atoms with Gasteiger partial charge in [0.1, 0.15) is 10.4 Å². The summed E-state index contributed by atoms with van der Waals surface area (Å²) in [5.41, 5.74) is 1.20. The average Bonchev–Trinajstić information content (AvgIpc) is 3.17. The van der Waals surface area contributed by atoms with Gasteiger partial charge in [0.05, 0.1) is 10.8 Å². The fourth-order valence-corrected chi connectivity index (χ4v) is 4.76. The molecule has 0 bridgehead atoms. The number of nitrogens with zero attached hydrogens (tertiary/aromatic N) is 2. The summed E-state index contributed by atoms with van der Waals surface area (Å²) in [6, 6.07) is 5.96. The lowest BCUT2D eigenvalue weighted by Gasteiger charge is -2.20. The van der Waals surface area contributed by atoms with Crippen molar-refractivity contribution in [2.75, 3.05) is 18.7 Å². The number of thiocarbonyl (C=S) groups is 1. The first-order valence-electron chi connectivity index (χ1n) is 7.31. The number of thioether (sulfide) groups is 2. The van der Waals surface area contributed by atoms with Gasteiger partial charge in [-0.05, 0) is 23.8 Å². The van der Waals surface area contributed by atoms with E-state index in [1.807, 2.05) is 0 Å². The molecular weight excluding hydrogens is 380 g/mol. The van der Waals surface area contributed by atoms with Gasteiger partial charge in [0, 0.05) is 18.4 Å². The van der Waals surface area contributed by atoms with Crippen LogP contribution in [0.4, 0.5) is 0 Å². The highest BCUT2D eigenvalue weighted by atomic mass is 32.2. The molecule has 0 unspecified atom stereocenters. The number of hydrogen-bond acceptors (Lipinski definition) is 6. The van der Waals surface area contributed by atoms with Gasteiger partial charge < -0.3 is 10.0 Å². The molecule has 9 heteroatoms. The summed E-state index contributed by atoms with van der Waals surface area (Å²) in [6.45, 7) is 0. The van der Waals surface area contributed by atoms with E-state index < -0.39 is 12.0 Å². The van der Waals surface area contributed by atoms with Crippen LogP contribution in [0.1, 0.15) is 15.9 Å². The molecule has 130 valence electrons. The zero-order valence-corrected chi connectivity index (χ0v) is 15.6. The third kappa shape index (κ3) is 3.58. The molecule has 2 heterocycles. The third-order valence-electron chi connectivity index (χ3n) is 3.87. The molecule has 0 saturated carbocycles. The lowest BCUT2D eigenvalue weighted by Crippen LogP contribution is -2.41. The Hall–Kier alpha value is -1.84. The van der Waals surface area contributed by atoms with Crippen LogP contribution in [0.5, 0.6) is 0 Å². The van der Waals surface area contributed by atoms with Gasteiger partial charge in [-0.2, -0.15) is 0 Å². The Bertz CT molecular complexity index is 791. The molecule has 3 rings (SSSR count). The number of benzene rings is 1. The van der Waals surface area contributed by atoms with Gasteiger partial charge in [0.2, 0.25) is 0 Å². The van der Waals surface area contributed by atoms with Crippen molar-refractivity contribution in [3.8, 4) is 0 Å². The van der Waals surface area contributed by atoms with Crippen molar-refractivity contribution in [3.63, 3.8) is 0 Å². The Morgan fingerprint density at radius 3 is 2.56 bits per heavy atom. The molecule has 2 aliphatic heterocycles. The maximum atomic E-state index is 12.5. The minimum absolute atomic E-state index is 0.145. The predicted molar refractivity (Wildman–Crippen MR) is 102 cm³/mol. The number of hydrogen-bond donors (Lipinski definition) is 1. The van der Waals surface area contributed by atoms with Crippen molar-refractivity contribution in [2.24, 2.45) is 0 Å². The molecule has 0 radical (unpaired) electrons. The van der Waals surface area contributed by atoms with Crippen molar-refractivity contribution < 1.29 is 19.5 Å². The topological polar surface area (TPSA) is 77.9 Å². The molecule has 1 aromatic rings. The first-order valence-corrected chi connectivity index (χ1v) is 9.69. The summed E-state index contributed by atoms with van der Waals surface area (Å²) in [4.78, 5) is 39.0. The second kappa shape index (κ2) is 7.19. The van der Waals surface area contributed by atoms with E-state index in [1.54, 1.807) is 37.4 Å². The average molecular weight is 394 g/mol. The van der Waals surface area contributed by atoms with Crippen LogP contribution in [0.15, 0.2) is 29.2 Å². The molecular formula is C16H14N2O4S3. The van der Waals surface area contributed by atoms with Crippen molar-refractivity contribution in [2.45, 2.75) is 6.04 Å². The van der Waals surface area contributed by atoms with E-state index in [0.717, 1.165) is 5.56 Å². The number of carbonyl (C=O) groups excluding carboxylic acids is 2. The predicted octanol–water partition coefficient (Wildman–Crippen LogP) is 2.12. The lowest BCUT2D eigenvalue weighted by atomic mass is 10.1. The van der Waals surface area contributed by atoms with Crippen LogP contribution in [0.25, 0.3) is 6.08 Å². The highest BCUT2D eigenvalue weighted by Crippen LogP contribution is 2.31. The van der Waals surface area contributed by atoms with Crippen LogP contribution in [0, 0.1) is 0 Å². The van der Waals surface area contributed by atoms with Gasteiger partial charge in [-0.1, -0.05) is 36.1 Å². The molecule has 1 N–H and O–H groups in total. The zero-order chi connectivity index (χ0) is 18.1. The van der Waals surface area contributed by atoms with E-state index in [4.69, 9.17) is 12.2 Å². The number of rotatable bonds is 3. The van der Waals surface area contributed by atoms with Crippen LogP contribution in [-0.2, 0) is 9.59 Å². The monoisotopic (exact) mass is 394 g/mol. The summed E-state index contributed by atoms with van der Waals surface area (Å²) in [5.74, 6) is -0.664. The molecule has 1 atom stereocenters. The molecule has 2 amide bonds. The van der Waals surface area contributed by atoms with Crippen LogP contribution < -0.4 is 0 Å². The van der Waals surface area contributed by atoms with Crippen LogP contribution in [0.3, 0.4) is 0 Å². The van der Waals surface area contributed by atoms with Crippen LogP contribution in [0.2, 0.25) is 0 Å². The Morgan fingerprint density at radius 2 is 2.00 bits per heavy atom. The largest absolute Gasteiger partial charge is 0.480 e. The number of carboxylic acid groups (broad SMARTS) is 1. The molecule has 2 aliphatic rings. The molecule has 2 saturated heterocycles. The summed E-state index contributed by atoms with van der Waals surface area (Å²) in [6.07, 6.45) is 1.73. The number of likely N-dealkylation sites (N-methyl/N-ethyl adjacent to an activating group) is 1. The standard InChI is InChI=1S/C16H14N2O4S3/c1-17-14(20)12(25-16(17)23)6-9-2-4-10(5-3-9)13(19)18-8-24-7-11(18)15(21)22/h2-6,11H,7-8H2,1H3,(H,21,22)/b12-6+/t11-/m0/s1. The summed E-state index contributed by atoms with van der Waals surface area (Å²) < 4.78 is 0.509. The summed E-state index contributed by atoms with van der Waals surface area (Å²) in [5, 5.41) is 9.19. The van der Waals surface area contributed by atoms with Crippen molar-refractivity contribution in [3.05, 3.63) is 40.3 Å².